The number of ketones is 1. The molecular formula is C15H18FNO. The Hall–Kier alpha value is -1.64. The van der Waals surface area contributed by atoms with Gasteiger partial charge >= 0.3 is 0 Å². The van der Waals surface area contributed by atoms with E-state index < -0.39 is 0 Å². The molecule has 1 N–H and O–H groups in total. The molecule has 0 amide bonds. The number of halogens is 1. The lowest BCUT2D eigenvalue weighted by molar-refractivity contribution is -0.115. The summed E-state index contributed by atoms with van der Waals surface area (Å²) in [5.74, 6) is 0.0372. The summed E-state index contributed by atoms with van der Waals surface area (Å²) in [5, 5.41) is 3.14. The molecule has 0 saturated heterocycles. The zero-order chi connectivity index (χ0) is 12.8. The molecule has 0 aliphatic heterocycles. The third-order valence-corrected chi connectivity index (χ3v) is 3.20. The number of nitrogens with one attached hydrogen (secondary N) is 1. The van der Waals surface area contributed by atoms with Gasteiger partial charge in [-0.15, -0.1) is 0 Å². The van der Waals surface area contributed by atoms with Gasteiger partial charge in [-0.25, -0.2) is 4.39 Å². The monoisotopic (exact) mass is 247 g/mol. The largest absolute Gasteiger partial charge is 0.386 e. The van der Waals surface area contributed by atoms with Gasteiger partial charge in [-0.3, -0.25) is 4.79 Å². The van der Waals surface area contributed by atoms with Crippen molar-refractivity contribution < 1.29 is 9.18 Å². The molecule has 0 spiro atoms. The van der Waals surface area contributed by atoms with E-state index >= 15 is 0 Å². The van der Waals surface area contributed by atoms with Crippen LogP contribution in [0.25, 0.3) is 0 Å². The number of carbonyl (C=O) groups is 1. The van der Waals surface area contributed by atoms with Crippen molar-refractivity contribution in [2.24, 2.45) is 0 Å². The first-order valence-electron chi connectivity index (χ1n) is 6.46. The highest BCUT2D eigenvalue weighted by Gasteiger charge is 2.12. The van der Waals surface area contributed by atoms with E-state index in [0.717, 1.165) is 36.8 Å². The lowest BCUT2D eigenvalue weighted by atomic mass is 10.1. The van der Waals surface area contributed by atoms with E-state index in [1.54, 1.807) is 12.1 Å². The Morgan fingerprint density at radius 3 is 2.61 bits per heavy atom. The molecule has 1 aromatic carbocycles. The Bertz CT molecular complexity index is 436. The third kappa shape index (κ3) is 3.69. The minimum atomic E-state index is -0.226. The standard InChI is InChI=1S/C15H18FNO/c16-14-8-6-12(7-9-14)10-17-11-13-4-2-1-3-5-15(13)18/h6-9,11,17H,1-5,10H2/b13-11+. The fourth-order valence-electron chi connectivity index (χ4n) is 2.12. The van der Waals surface area contributed by atoms with Gasteiger partial charge in [0.15, 0.2) is 5.78 Å². The Kier molecular flexibility index (Phi) is 4.51. The second kappa shape index (κ2) is 6.34. The molecule has 96 valence electrons. The van der Waals surface area contributed by atoms with Gasteiger partial charge < -0.3 is 5.32 Å². The minimum absolute atomic E-state index is 0.226. The number of hydrogen-bond donors (Lipinski definition) is 1. The van der Waals surface area contributed by atoms with Gasteiger partial charge in [0.1, 0.15) is 5.82 Å². The van der Waals surface area contributed by atoms with Crippen LogP contribution >= 0.6 is 0 Å². The molecule has 0 heterocycles. The second-order valence-electron chi connectivity index (χ2n) is 4.66. The van der Waals surface area contributed by atoms with Crippen molar-refractivity contribution >= 4 is 5.78 Å². The van der Waals surface area contributed by atoms with Gasteiger partial charge in [-0.05, 0) is 37.0 Å². The molecule has 2 rings (SSSR count). The van der Waals surface area contributed by atoms with Gasteiger partial charge in [0.2, 0.25) is 0 Å². The van der Waals surface area contributed by atoms with Crippen molar-refractivity contribution in [1.29, 1.82) is 0 Å². The number of allylic oxidation sites excluding steroid dienone is 1. The zero-order valence-corrected chi connectivity index (χ0v) is 10.4. The van der Waals surface area contributed by atoms with Crippen molar-refractivity contribution in [3.05, 3.63) is 47.4 Å². The molecule has 1 fully saturated rings. The predicted octanol–water partition coefficient (Wildman–Crippen LogP) is 3.33. The van der Waals surface area contributed by atoms with Crippen molar-refractivity contribution in [3.8, 4) is 0 Å². The molecule has 1 aromatic rings. The van der Waals surface area contributed by atoms with E-state index in [0.29, 0.717) is 13.0 Å². The molecule has 3 heteroatoms. The summed E-state index contributed by atoms with van der Waals surface area (Å²) in [4.78, 5) is 11.7. The SMILES string of the molecule is O=C1CCCCC/C1=C\NCc1ccc(F)cc1. The summed E-state index contributed by atoms with van der Waals surface area (Å²) in [5.41, 5.74) is 1.91. The van der Waals surface area contributed by atoms with E-state index in [1.165, 1.54) is 12.1 Å². The molecule has 0 atom stereocenters. The van der Waals surface area contributed by atoms with E-state index in [-0.39, 0.29) is 11.6 Å². The average Bonchev–Trinajstić information content (AvgIpc) is 2.57. The van der Waals surface area contributed by atoms with Crippen LogP contribution in [0, 0.1) is 5.82 Å². The molecule has 1 aliphatic carbocycles. The molecule has 1 saturated carbocycles. The number of hydrogen-bond acceptors (Lipinski definition) is 2. The van der Waals surface area contributed by atoms with Crippen molar-refractivity contribution in [1.82, 2.24) is 5.32 Å². The maximum atomic E-state index is 12.7. The highest BCUT2D eigenvalue weighted by Crippen LogP contribution is 2.18. The molecule has 0 radical (unpaired) electrons. The summed E-state index contributed by atoms with van der Waals surface area (Å²) < 4.78 is 12.7. The molecule has 0 unspecified atom stereocenters. The van der Waals surface area contributed by atoms with Crippen LogP contribution in [0.1, 0.15) is 37.7 Å². The van der Waals surface area contributed by atoms with Crippen LogP contribution in [0.15, 0.2) is 36.0 Å². The van der Waals surface area contributed by atoms with Crippen molar-refractivity contribution in [3.63, 3.8) is 0 Å². The summed E-state index contributed by atoms with van der Waals surface area (Å²) in [6, 6.07) is 6.38. The number of rotatable bonds is 3. The van der Waals surface area contributed by atoms with E-state index in [9.17, 15) is 9.18 Å². The molecule has 0 bridgehead atoms. The lowest BCUT2D eigenvalue weighted by Crippen LogP contribution is -2.09. The number of carbonyl (C=O) groups excluding carboxylic acids is 1. The molecule has 0 aromatic heterocycles. The predicted molar refractivity (Wildman–Crippen MR) is 69.4 cm³/mol. The number of benzene rings is 1. The zero-order valence-electron chi connectivity index (χ0n) is 10.4. The highest BCUT2D eigenvalue weighted by atomic mass is 19.1. The minimum Gasteiger partial charge on any atom is -0.386 e. The van der Waals surface area contributed by atoms with Crippen LogP contribution in [0.3, 0.4) is 0 Å². The summed E-state index contributed by atoms with van der Waals surface area (Å²) in [6.07, 6.45) is 6.61. The van der Waals surface area contributed by atoms with Crippen LogP contribution in [0.4, 0.5) is 4.39 Å². The Morgan fingerprint density at radius 1 is 1.11 bits per heavy atom. The first-order chi connectivity index (χ1) is 8.75. The van der Waals surface area contributed by atoms with Crippen LogP contribution in [0.2, 0.25) is 0 Å². The Balaban J connectivity index is 1.89. The normalized spacial score (nSPS) is 18.7. The highest BCUT2D eigenvalue weighted by molar-refractivity contribution is 5.95. The topological polar surface area (TPSA) is 29.1 Å². The molecular weight excluding hydrogens is 229 g/mol. The van der Waals surface area contributed by atoms with Crippen LogP contribution in [-0.2, 0) is 11.3 Å². The fourth-order valence-corrected chi connectivity index (χ4v) is 2.12. The third-order valence-electron chi connectivity index (χ3n) is 3.20. The van der Waals surface area contributed by atoms with Gasteiger partial charge in [0.05, 0.1) is 0 Å². The van der Waals surface area contributed by atoms with E-state index in [2.05, 4.69) is 5.32 Å². The fraction of sp³-hybridized carbons (Fsp3) is 0.400. The van der Waals surface area contributed by atoms with Gasteiger partial charge in [-0.1, -0.05) is 18.6 Å². The molecule has 18 heavy (non-hydrogen) atoms. The second-order valence-corrected chi connectivity index (χ2v) is 4.66. The molecule has 2 nitrogen and oxygen atoms in total. The van der Waals surface area contributed by atoms with Crippen molar-refractivity contribution in [2.75, 3.05) is 0 Å². The van der Waals surface area contributed by atoms with Gasteiger partial charge in [-0.2, -0.15) is 0 Å². The maximum Gasteiger partial charge on any atom is 0.160 e. The Labute approximate surface area is 107 Å². The van der Waals surface area contributed by atoms with Gasteiger partial charge in [0, 0.05) is 24.7 Å². The van der Waals surface area contributed by atoms with Crippen LogP contribution in [-0.4, -0.2) is 5.78 Å². The maximum absolute atomic E-state index is 12.7. The van der Waals surface area contributed by atoms with Gasteiger partial charge in [0.25, 0.3) is 0 Å². The van der Waals surface area contributed by atoms with E-state index in [1.807, 2.05) is 6.20 Å². The smallest absolute Gasteiger partial charge is 0.160 e. The molecule has 1 aliphatic rings. The van der Waals surface area contributed by atoms with E-state index in [4.69, 9.17) is 0 Å². The Morgan fingerprint density at radius 2 is 1.83 bits per heavy atom. The van der Waals surface area contributed by atoms with Crippen LogP contribution < -0.4 is 5.32 Å². The first-order valence-corrected chi connectivity index (χ1v) is 6.46. The average molecular weight is 247 g/mol. The lowest BCUT2D eigenvalue weighted by Gasteiger charge is -2.05. The number of Topliss-reactive ketones (excluding diaryl/α,β-unsaturated/α-hetero) is 1. The summed E-state index contributed by atoms with van der Waals surface area (Å²) >= 11 is 0. The quantitative estimate of drug-likeness (QED) is 0.655. The van der Waals surface area contributed by atoms with Crippen LogP contribution in [0.5, 0.6) is 0 Å². The summed E-state index contributed by atoms with van der Waals surface area (Å²) in [7, 11) is 0. The van der Waals surface area contributed by atoms with Crippen molar-refractivity contribution in [2.45, 2.75) is 38.6 Å². The summed E-state index contributed by atoms with van der Waals surface area (Å²) in [6.45, 7) is 0.622. The first kappa shape index (κ1) is 12.8.